The van der Waals surface area contributed by atoms with Crippen molar-refractivity contribution < 1.29 is 24.8 Å². The Morgan fingerprint density at radius 3 is 2.44 bits per heavy atom. The molecule has 0 spiro atoms. The van der Waals surface area contributed by atoms with Gasteiger partial charge in [0.15, 0.2) is 12.2 Å². The zero-order valence-corrected chi connectivity index (χ0v) is 8.85. The van der Waals surface area contributed by atoms with Crippen molar-refractivity contribution in [3.8, 4) is 0 Å². The lowest BCUT2D eigenvalue weighted by molar-refractivity contribution is -0.257. The fraction of sp³-hybridized carbons (Fsp3) is 0.875. The summed E-state index contributed by atoms with van der Waals surface area (Å²) in [4.78, 5) is 3.72. The van der Waals surface area contributed by atoms with Crippen molar-refractivity contribution in [3.05, 3.63) is 0 Å². The van der Waals surface area contributed by atoms with Gasteiger partial charge < -0.3 is 36.3 Å². The van der Waals surface area contributed by atoms with E-state index in [-0.39, 0.29) is 5.96 Å². The molecule has 1 aliphatic heterocycles. The molecule has 0 radical (unpaired) electrons. The van der Waals surface area contributed by atoms with E-state index >= 15 is 0 Å². The number of guanidine groups is 1. The largest absolute Gasteiger partial charge is 0.394 e. The van der Waals surface area contributed by atoms with Gasteiger partial charge in [0.25, 0.3) is 0 Å². The number of methoxy groups -OCH3 is 1. The van der Waals surface area contributed by atoms with Crippen LogP contribution in [0.15, 0.2) is 4.99 Å². The highest BCUT2D eigenvalue weighted by Crippen LogP contribution is 2.23. The number of hydrogen-bond donors (Lipinski definition) is 5. The first kappa shape index (κ1) is 13.1. The van der Waals surface area contributed by atoms with Crippen LogP contribution < -0.4 is 11.5 Å². The number of nitrogens with zero attached hydrogens (tertiary/aromatic N) is 1. The van der Waals surface area contributed by atoms with Gasteiger partial charge in [-0.2, -0.15) is 0 Å². The monoisotopic (exact) mass is 235 g/mol. The minimum absolute atomic E-state index is 0.246. The first-order valence-electron chi connectivity index (χ1n) is 4.75. The molecule has 8 heteroatoms. The number of aliphatic hydroxyl groups is 3. The molecule has 0 saturated carbocycles. The maximum absolute atomic E-state index is 9.75. The summed E-state index contributed by atoms with van der Waals surface area (Å²) < 4.78 is 10.1. The summed E-state index contributed by atoms with van der Waals surface area (Å²) in [6, 6.07) is -0.923. The first-order chi connectivity index (χ1) is 7.51. The van der Waals surface area contributed by atoms with Gasteiger partial charge in [0.05, 0.1) is 6.61 Å². The van der Waals surface area contributed by atoms with Gasteiger partial charge in [0.2, 0.25) is 0 Å². The van der Waals surface area contributed by atoms with Crippen LogP contribution in [0.25, 0.3) is 0 Å². The second-order valence-electron chi connectivity index (χ2n) is 3.49. The lowest BCUT2D eigenvalue weighted by Crippen LogP contribution is -2.58. The topological polar surface area (TPSA) is 144 Å². The average Bonchev–Trinajstić information content (AvgIpc) is 2.25. The SMILES string of the molecule is COC1O[C@H](CO)C(O)[C@H](O)[C@@H]1N=C(N)N. The molecule has 1 rings (SSSR count). The van der Waals surface area contributed by atoms with Gasteiger partial charge in [-0.25, -0.2) is 4.99 Å². The standard InChI is InChI=1S/C8H17N3O5/c1-15-7-4(11-8(9)10)6(14)5(13)3(2-12)16-7/h3-7,12-14H,2H2,1H3,(H4,9,10,11)/t3-,4+,5?,6-,7?/m1/s1. The van der Waals surface area contributed by atoms with Crippen molar-refractivity contribution >= 4 is 5.96 Å². The maximum Gasteiger partial charge on any atom is 0.186 e. The van der Waals surface area contributed by atoms with E-state index in [0.29, 0.717) is 0 Å². The first-order valence-corrected chi connectivity index (χ1v) is 4.75. The van der Waals surface area contributed by atoms with Gasteiger partial charge in [-0.15, -0.1) is 0 Å². The molecule has 1 aliphatic rings. The molecule has 0 bridgehead atoms. The predicted octanol–water partition coefficient (Wildman–Crippen LogP) is -3.29. The molecule has 0 aromatic heterocycles. The van der Waals surface area contributed by atoms with E-state index in [1.165, 1.54) is 7.11 Å². The third-order valence-corrected chi connectivity index (χ3v) is 2.38. The average molecular weight is 235 g/mol. The van der Waals surface area contributed by atoms with Crippen molar-refractivity contribution in [2.45, 2.75) is 30.6 Å². The second kappa shape index (κ2) is 5.41. The highest BCUT2D eigenvalue weighted by molar-refractivity contribution is 5.76. The molecule has 5 atom stereocenters. The molecular formula is C8H17N3O5. The molecule has 1 fully saturated rings. The number of rotatable bonds is 3. The Labute approximate surface area is 92.5 Å². The summed E-state index contributed by atoms with van der Waals surface area (Å²) >= 11 is 0. The molecule has 1 saturated heterocycles. The smallest absolute Gasteiger partial charge is 0.186 e. The van der Waals surface area contributed by atoms with Crippen molar-refractivity contribution in [1.82, 2.24) is 0 Å². The van der Waals surface area contributed by atoms with Gasteiger partial charge in [0, 0.05) is 7.11 Å². The quantitative estimate of drug-likeness (QED) is 0.255. The summed E-state index contributed by atoms with van der Waals surface area (Å²) in [6.07, 6.45) is -4.38. The summed E-state index contributed by atoms with van der Waals surface area (Å²) in [7, 11) is 1.35. The molecule has 2 unspecified atom stereocenters. The zero-order valence-electron chi connectivity index (χ0n) is 8.85. The highest BCUT2D eigenvalue weighted by atomic mass is 16.7. The van der Waals surface area contributed by atoms with E-state index in [0.717, 1.165) is 0 Å². The molecule has 0 amide bonds. The summed E-state index contributed by atoms with van der Waals surface area (Å²) in [5.41, 5.74) is 10.4. The Morgan fingerprint density at radius 2 is 2.00 bits per heavy atom. The Balaban J connectivity index is 2.86. The van der Waals surface area contributed by atoms with Crippen molar-refractivity contribution in [2.24, 2.45) is 16.5 Å². The third-order valence-electron chi connectivity index (χ3n) is 2.38. The van der Waals surface area contributed by atoms with Gasteiger partial charge in [-0.05, 0) is 0 Å². The molecule has 0 aromatic rings. The van der Waals surface area contributed by atoms with Crippen LogP contribution >= 0.6 is 0 Å². The Hall–Kier alpha value is -0.930. The number of aliphatic hydroxyl groups excluding tert-OH is 3. The Morgan fingerprint density at radius 1 is 1.38 bits per heavy atom. The number of hydrogen-bond acceptors (Lipinski definition) is 6. The fourth-order valence-electron chi connectivity index (χ4n) is 1.57. The molecule has 0 aromatic carbocycles. The van der Waals surface area contributed by atoms with Gasteiger partial charge in [0.1, 0.15) is 24.4 Å². The van der Waals surface area contributed by atoms with Crippen LogP contribution in [0.3, 0.4) is 0 Å². The van der Waals surface area contributed by atoms with Crippen LogP contribution in [0.5, 0.6) is 0 Å². The summed E-state index contributed by atoms with van der Waals surface area (Å²) in [6.45, 7) is -0.438. The van der Waals surface area contributed by atoms with Crippen LogP contribution in [0.1, 0.15) is 0 Å². The molecule has 8 nitrogen and oxygen atoms in total. The Bertz CT molecular complexity index is 256. The van der Waals surface area contributed by atoms with Crippen molar-refractivity contribution in [2.75, 3.05) is 13.7 Å². The van der Waals surface area contributed by atoms with Gasteiger partial charge in [-0.3, -0.25) is 0 Å². The lowest BCUT2D eigenvalue weighted by Gasteiger charge is -2.39. The van der Waals surface area contributed by atoms with Crippen molar-refractivity contribution in [3.63, 3.8) is 0 Å². The van der Waals surface area contributed by atoms with E-state index < -0.39 is 37.3 Å². The van der Waals surface area contributed by atoms with E-state index in [1.807, 2.05) is 0 Å². The minimum Gasteiger partial charge on any atom is -0.394 e. The number of ether oxygens (including phenoxy) is 2. The maximum atomic E-state index is 9.75. The summed E-state index contributed by atoms with van der Waals surface area (Å²) in [5.74, 6) is -0.246. The van der Waals surface area contributed by atoms with Crippen LogP contribution in [0, 0.1) is 0 Å². The molecule has 0 aliphatic carbocycles. The predicted molar refractivity (Wildman–Crippen MR) is 54.4 cm³/mol. The minimum atomic E-state index is -1.27. The van der Waals surface area contributed by atoms with Crippen molar-refractivity contribution in [1.29, 1.82) is 0 Å². The van der Waals surface area contributed by atoms with Gasteiger partial charge >= 0.3 is 0 Å². The van der Waals surface area contributed by atoms with Gasteiger partial charge in [-0.1, -0.05) is 0 Å². The Kier molecular flexibility index (Phi) is 4.44. The number of nitrogens with two attached hydrogens (primary N) is 2. The number of aliphatic imine (C=N–C) groups is 1. The fourth-order valence-corrected chi connectivity index (χ4v) is 1.57. The molecular weight excluding hydrogens is 218 g/mol. The van der Waals surface area contributed by atoms with Crippen LogP contribution in [0.2, 0.25) is 0 Å². The van der Waals surface area contributed by atoms with E-state index in [1.54, 1.807) is 0 Å². The van der Waals surface area contributed by atoms with Crippen LogP contribution in [0.4, 0.5) is 0 Å². The van der Waals surface area contributed by atoms with E-state index in [4.69, 9.17) is 26.0 Å². The normalized spacial score (nSPS) is 39.4. The second-order valence-corrected chi connectivity index (χ2v) is 3.49. The van der Waals surface area contributed by atoms with E-state index in [9.17, 15) is 10.2 Å². The lowest BCUT2D eigenvalue weighted by atomic mass is 9.97. The third kappa shape index (κ3) is 2.60. The van der Waals surface area contributed by atoms with E-state index in [2.05, 4.69) is 4.99 Å². The summed E-state index contributed by atoms with van der Waals surface area (Å²) in [5, 5.41) is 28.3. The molecule has 1 heterocycles. The molecule has 16 heavy (non-hydrogen) atoms. The zero-order chi connectivity index (χ0) is 12.3. The van der Waals surface area contributed by atoms with Crippen LogP contribution in [-0.2, 0) is 9.47 Å². The molecule has 7 N–H and O–H groups in total. The highest BCUT2D eigenvalue weighted by Gasteiger charge is 2.44. The van der Waals surface area contributed by atoms with Crippen LogP contribution in [-0.4, -0.2) is 65.6 Å². The molecule has 94 valence electrons.